The van der Waals surface area contributed by atoms with Gasteiger partial charge in [0, 0.05) is 22.3 Å². The number of anilines is 2. The summed E-state index contributed by atoms with van der Waals surface area (Å²) in [5, 5.41) is 8.62. The number of nitrogens with zero attached hydrogens (tertiary/aromatic N) is 4. The first-order chi connectivity index (χ1) is 13.0. The van der Waals surface area contributed by atoms with E-state index in [0.717, 1.165) is 28.3 Å². The van der Waals surface area contributed by atoms with E-state index in [0.29, 0.717) is 28.1 Å². The molecule has 138 valence electrons. The number of nitrogens with one attached hydrogen (secondary N) is 1. The van der Waals surface area contributed by atoms with Crippen molar-refractivity contribution in [1.29, 1.82) is 0 Å². The van der Waals surface area contributed by atoms with E-state index in [2.05, 4.69) is 20.4 Å². The van der Waals surface area contributed by atoms with Gasteiger partial charge in [-0.2, -0.15) is 9.50 Å². The molecule has 3 heterocycles. The number of fused-ring (bicyclic) bond motifs is 1. The zero-order chi connectivity index (χ0) is 19.1. The zero-order valence-electron chi connectivity index (χ0n) is 15.4. The normalized spacial score (nSPS) is 11.1. The van der Waals surface area contributed by atoms with Crippen LogP contribution in [-0.2, 0) is 0 Å². The fourth-order valence-electron chi connectivity index (χ4n) is 2.80. The fraction of sp³-hybridized carbons (Fsp3) is 0.211. The lowest BCUT2D eigenvalue weighted by molar-refractivity contribution is 0.416. The molecule has 0 fully saturated rings. The predicted octanol–water partition coefficient (Wildman–Crippen LogP) is 4.72. The Morgan fingerprint density at radius 2 is 2.00 bits per heavy atom. The summed E-state index contributed by atoms with van der Waals surface area (Å²) < 4.78 is 12.6. The van der Waals surface area contributed by atoms with Crippen LogP contribution in [0.5, 0.6) is 5.75 Å². The van der Waals surface area contributed by atoms with Crippen LogP contribution in [0.2, 0.25) is 5.02 Å². The van der Waals surface area contributed by atoms with Crippen molar-refractivity contribution in [2.24, 2.45) is 0 Å². The van der Waals surface area contributed by atoms with Crippen LogP contribution in [0.1, 0.15) is 16.8 Å². The lowest BCUT2D eigenvalue weighted by Crippen LogP contribution is -2.07. The molecule has 0 aliphatic rings. The summed E-state index contributed by atoms with van der Waals surface area (Å²) >= 11 is 6.22. The highest BCUT2D eigenvalue weighted by molar-refractivity contribution is 6.31. The maximum Gasteiger partial charge on any atom is 0.255 e. The molecule has 8 heteroatoms. The van der Waals surface area contributed by atoms with Crippen LogP contribution in [0.4, 0.5) is 11.5 Å². The van der Waals surface area contributed by atoms with E-state index < -0.39 is 0 Å². The molecule has 0 aliphatic heterocycles. The average Bonchev–Trinajstić information content (AvgIpc) is 3.31. The second-order valence-electron chi connectivity index (χ2n) is 6.22. The minimum atomic E-state index is 0.472. The van der Waals surface area contributed by atoms with Gasteiger partial charge in [-0.05, 0) is 44.5 Å². The summed E-state index contributed by atoms with van der Waals surface area (Å²) in [6, 6.07) is 7.33. The summed E-state index contributed by atoms with van der Waals surface area (Å²) in [6.07, 6.45) is 1.59. The number of benzene rings is 1. The number of aromatic nitrogens is 4. The Morgan fingerprint density at radius 1 is 1.19 bits per heavy atom. The Hall–Kier alpha value is -3.06. The first-order valence-electron chi connectivity index (χ1n) is 8.37. The largest absolute Gasteiger partial charge is 0.495 e. The second kappa shape index (κ2) is 6.59. The lowest BCUT2D eigenvalue weighted by atomic mass is 10.2. The summed E-state index contributed by atoms with van der Waals surface area (Å²) in [6.45, 7) is 5.86. The highest BCUT2D eigenvalue weighted by atomic mass is 35.5. The smallest absolute Gasteiger partial charge is 0.255 e. The van der Waals surface area contributed by atoms with E-state index in [9.17, 15) is 0 Å². The first-order valence-corrected chi connectivity index (χ1v) is 8.74. The Balaban J connectivity index is 1.88. The van der Waals surface area contributed by atoms with Crippen LogP contribution < -0.4 is 10.1 Å². The second-order valence-corrected chi connectivity index (χ2v) is 6.63. The van der Waals surface area contributed by atoms with E-state index >= 15 is 0 Å². The Labute approximate surface area is 161 Å². The van der Waals surface area contributed by atoms with Crippen LogP contribution >= 0.6 is 11.6 Å². The molecular weight excluding hydrogens is 366 g/mol. The molecule has 0 saturated heterocycles. The van der Waals surface area contributed by atoms with Gasteiger partial charge in [0.05, 0.1) is 19.1 Å². The molecule has 3 aromatic heterocycles. The molecule has 0 spiro atoms. The van der Waals surface area contributed by atoms with Crippen LogP contribution in [0.25, 0.3) is 17.4 Å². The molecule has 0 amide bonds. The number of ether oxygens (including phenoxy) is 1. The van der Waals surface area contributed by atoms with Gasteiger partial charge in [-0.1, -0.05) is 11.6 Å². The molecule has 1 N–H and O–H groups in total. The van der Waals surface area contributed by atoms with Crippen LogP contribution in [0.15, 0.2) is 34.9 Å². The lowest BCUT2D eigenvalue weighted by Gasteiger charge is -2.16. The third-order valence-corrected chi connectivity index (χ3v) is 4.85. The van der Waals surface area contributed by atoms with Crippen LogP contribution in [0.3, 0.4) is 0 Å². The molecule has 0 saturated carbocycles. The van der Waals surface area contributed by atoms with Gasteiger partial charge in [0.1, 0.15) is 11.6 Å². The number of rotatable bonds is 4. The standard InChI is InChI=1S/C19H18ClN5O2/c1-10-8-14(16(26-4)9-13(10)20)22-18-11(2)12(3)21-19-23-17(24-25(18)19)15-6-5-7-27-15/h5-9,22H,1-4H3. The van der Waals surface area contributed by atoms with E-state index in [1.54, 1.807) is 30.0 Å². The van der Waals surface area contributed by atoms with Gasteiger partial charge < -0.3 is 14.5 Å². The van der Waals surface area contributed by atoms with E-state index in [1.165, 1.54) is 0 Å². The highest BCUT2D eigenvalue weighted by Gasteiger charge is 2.18. The molecule has 0 aliphatic carbocycles. The van der Waals surface area contributed by atoms with E-state index in [1.807, 2.05) is 32.9 Å². The monoisotopic (exact) mass is 383 g/mol. The molecule has 0 unspecified atom stereocenters. The van der Waals surface area contributed by atoms with Crippen molar-refractivity contribution in [3.63, 3.8) is 0 Å². The Morgan fingerprint density at radius 3 is 2.70 bits per heavy atom. The van der Waals surface area contributed by atoms with Crippen molar-refractivity contribution >= 4 is 28.9 Å². The van der Waals surface area contributed by atoms with Crippen molar-refractivity contribution in [2.45, 2.75) is 20.8 Å². The van der Waals surface area contributed by atoms with Gasteiger partial charge in [-0.25, -0.2) is 4.98 Å². The van der Waals surface area contributed by atoms with Crippen molar-refractivity contribution in [3.05, 3.63) is 52.4 Å². The quantitative estimate of drug-likeness (QED) is 0.549. The number of hydrogen-bond donors (Lipinski definition) is 1. The summed E-state index contributed by atoms with van der Waals surface area (Å²) in [7, 11) is 1.61. The van der Waals surface area contributed by atoms with Gasteiger partial charge in [-0.3, -0.25) is 0 Å². The summed E-state index contributed by atoms with van der Waals surface area (Å²) in [4.78, 5) is 9.03. The molecule has 7 nitrogen and oxygen atoms in total. The molecule has 0 bridgehead atoms. The molecule has 27 heavy (non-hydrogen) atoms. The fourth-order valence-corrected chi connectivity index (χ4v) is 2.96. The van der Waals surface area contributed by atoms with Gasteiger partial charge in [0.2, 0.25) is 5.82 Å². The van der Waals surface area contributed by atoms with Gasteiger partial charge in [0.15, 0.2) is 5.76 Å². The minimum Gasteiger partial charge on any atom is -0.495 e. The molecule has 4 aromatic rings. The Bertz CT molecular complexity index is 1140. The average molecular weight is 384 g/mol. The van der Waals surface area contributed by atoms with Crippen molar-refractivity contribution in [2.75, 3.05) is 12.4 Å². The topological polar surface area (TPSA) is 77.5 Å². The summed E-state index contributed by atoms with van der Waals surface area (Å²) in [5.74, 6) is 2.93. The highest BCUT2D eigenvalue weighted by Crippen LogP contribution is 2.34. The first kappa shape index (κ1) is 17.4. The van der Waals surface area contributed by atoms with Gasteiger partial charge in [0.25, 0.3) is 5.78 Å². The molecule has 0 atom stereocenters. The molecule has 0 radical (unpaired) electrons. The third-order valence-electron chi connectivity index (χ3n) is 4.44. The Kier molecular flexibility index (Phi) is 4.24. The SMILES string of the molecule is COc1cc(Cl)c(C)cc1Nc1c(C)c(C)nc2nc(-c3ccco3)nn12. The number of hydrogen-bond acceptors (Lipinski definition) is 6. The maximum atomic E-state index is 6.22. The third kappa shape index (κ3) is 3.00. The number of halogens is 1. The van der Waals surface area contributed by atoms with Crippen molar-refractivity contribution < 1.29 is 9.15 Å². The number of furan rings is 1. The van der Waals surface area contributed by atoms with E-state index in [-0.39, 0.29) is 0 Å². The van der Waals surface area contributed by atoms with Gasteiger partial charge >= 0.3 is 0 Å². The zero-order valence-corrected chi connectivity index (χ0v) is 16.1. The van der Waals surface area contributed by atoms with Crippen molar-refractivity contribution in [3.8, 4) is 17.3 Å². The predicted molar refractivity (Wildman–Crippen MR) is 104 cm³/mol. The van der Waals surface area contributed by atoms with Crippen LogP contribution in [-0.4, -0.2) is 26.7 Å². The van der Waals surface area contributed by atoms with Crippen LogP contribution in [0, 0.1) is 20.8 Å². The molecule has 1 aromatic carbocycles. The van der Waals surface area contributed by atoms with E-state index in [4.69, 9.17) is 20.8 Å². The van der Waals surface area contributed by atoms with Crippen molar-refractivity contribution in [1.82, 2.24) is 19.6 Å². The molecule has 4 rings (SSSR count). The minimum absolute atomic E-state index is 0.472. The number of aryl methyl sites for hydroxylation is 2. The number of methoxy groups -OCH3 is 1. The molecular formula is C19H18ClN5O2. The summed E-state index contributed by atoms with van der Waals surface area (Å²) in [5.41, 5.74) is 3.53. The van der Waals surface area contributed by atoms with Gasteiger partial charge in [-0.15, -0.1) is 5.10 Å². The maximum absolute atomic E-state index is 6.22.